The summed E-state index contributed by atoms with van der Waals surface area (Å²) in [4.78, 5) is 24.6. The number of carbonyl (C=O) groups is 2. The summed E-state index contributed by atoms with van der Waals surface area (Å²) in [6.45, 7) is 4.94. The molecule has 0 radical (unpaired) electrons. The molecule has 490 valence electrons. The van der Waals surface area contributed by atoms with E-state index in [1.807, 2.05) is 6.08 Å². The molecule has 0 aromatic heterocycles. The van der Waals surface area contributed by atoms with Crippen molar-refractivity contribution >= 4 is 11.9 Å². The SMILES string of the molecule is CCCCCCCCCCCCCCCCCC/C=C/C(O)C(CO)NC(=O)CCCCCCCCCCCCCCCCCCC/C=C\C/C=C\CCCCCCCCCCCOC(=O)CCCCCCCCCCCCCCCCC. The number of esters is 1. The molecule has 6 nitrogen and oxygen atoms in total. The van der Waals surface area contributed by atoms with Gasteiger partial charge >= 0.3 is 5.97 Å². The van der Waals surface area contributed by atoms with Gasteiger partial charge in [-0.3, -0.25) is 9.59 Å². The van der Waals surface area contributed by atoms with Gasteiger partial charge in [0.15, 0.2) is 0 Å². The lowest BCUT2D eigenvalue weighted by Gasteiger charge is -2.20. The fourth-order valence-corrected chi connectivity index (χ4v) is 11.9. The Kier molecular flexibility index (Phi) is 70.9. The summed E-state index contributed by atoms with van der Waals surface area (Å²) in [7, 11) is 0. The van der Waals surface area contributed by atoms with Gasteiger partial charge in [0.1, 0.15) is 0 Å². The lowest BCUT2D eigenvalue weighted by atomic mass is 10.0. The van der Waals surface area contributed by atoms with Crippen LogP contribution >= 0.6 is 0 Å². The first-order chi connectivity index (χ1) is 41.0. The smallest absolute Gasteiger partial charge is 0.305 e. The lowest BCUT2D eigenvalue weighted by Crippen LogP contribution is -2.45. The van der Waals surface area contributed by atoms with E-state index < -0.39 is 12.1 Å². The van der Waals surface area contributed by atoms with Crippen molar-refractivity contribution < 1.29 is 24.5 Å². The van der Waals surface area contributed by atoms with Gasteiger partial charge in [-0.25, -0.2) is 0 Å². The maximum absolute atomic E-state index is 12.5. The molecule has 2 unspecified atom stereocenters. The topological polar surface area (TPSA) is 95.9 Å². The highest BCUT2D eigenvalue weighted by atomic mass is 16.5. The van der Waals surface area contributed by atoms with Crippen molar-refractivity contribution in [2.75, 3.05) is 13.2 Å². The highest BCUT2D eigenvalue weighted by Gasteiger charge is 2.18. The average Bonchev–Trinajstić information content (AvgIpc) is 3.49. The Morgan fingerprint density at radius 2 is 0.602 bits per heavy atom. The predicted octanol–water partition coefficient (Wildman–Crippen LogP) is 24.7. The molecule has 0 rings (SSSR count). The van der Waals surface area contributed by atoms with E-state index in [0.29, 0.717) is 19.4 Å². The number of hydrogen-bond donors (Lipinski definition) is 3. The zero-order valence-corrected chi connectivity index (χ0v) is 56.2. The van der Waals surface area contributed by atoms with Crippen molar-refractivity contribution in [3.63, 3.8) is 0 Å². The molecule has 2 atom stereocenters. The van der Waals surface area contributed by atoms with Crippen LogP contribution in [0.3, 0.4) is 0 Å². The number of ether oxygens (including phenoxy) is 1. The van der Waals surface area contributed by atoms with E-state index in [-0.39, 0.29) is 18.5 Å². The predicted molar refractivity (Wildman–Crippen MR) is 366 cm³/mol. The summed E-state index contributed by atoms with van der Waals surface area (Å²) in [5.41, 5.74) is 0. The number of aliphatic hydroxyl groups is 2. The molecule has 3 N–H and O–H groups in total. The first-order valence-electron chi connectivity index (χ1n) is 37.8. The molecule has 83 heavy (non-hydrogen) atoms. The normalized spacial score (nSPS) is 12.7. The second-order valence-corrected chi connectivity index (χ2v) is 26.0. The van der Waals surface area contributed by atoms with E-state index >= 15 is 0 Å². The Balaban J connectivity index is 3.39. The number of amides is 1. The molecule has 0 fully saturated rings. The van der Waals surface area contributed by atoms with Crippen LogP contribution in [0, 0.1) is 0 Å². The van der Waals surface area contributed by atoms with Crippen molar-refractivity contribution in [3.05, 3.63) is 36.5 Å². The summed E-state index contributed by atoms with van der Waals surface area (Å²) in [5.74, 6) is -0.0452. The maximum atomic E-state index is 12.5. The number of unbranched alkanes of at least 4 members (excludes halogenated alkanes) is 56. The monoisotopic (exact) mass is 1170 g/mol. The lowest BCUT2D eigenvalue weighted by molar-refractivity contribution is -0.143. The molecule has 0 aromatic carbocycles. The molecule has 0 aliphatic rings. The van der Waals surface area contributed by atoms with Crippen molar-refractivity contribution in [1.82, 2.24) is 5.32 Å². The Hall–Kier alpha value is -1.92. The van der Waals surface area contributed by atoms with E-state index in [1.165, 1.54) is 347 Å². The van der Waals surface area contributed by atoms with Gasteiger partial charge in [0, 0.05) is 12.8 Å². The van der Waals surface area contributed by atoms with Gasteiger partial charge in [-0.05, 0) is 64.2 Å². The molecule has 0 heterocycles. The van der Waals surface area contributed by atoms with E-state index in [9.17, 15) is 19.8 Å². The van der Waals surface area contributed by atoms with Gasteiger partial charge in [-0.1, -0.05) is 378 Å². The zero-order chi connectivity index (χ0) is 59.9. The minimum atomic E-state index is -0.844. The van der Waals surface area contributed by atoms with Gasteiger partial charge < -0.3 is 20.3 Å². The molecule has 0 aromatic rings. The van der Waals surface area contributed by atoms with Gasteiger partial charge in [0.2, 0.25) is 5.91 Å². The van der Waals surface area contributed by atoms with E-state index in [0.717, 1.165) is 44.9 Å². The van der Waals surface area contributed by atoms with Crippen LogP contribution in [-0.4, -0.2) is 47.4 Å². The summed E-state index contributed by atoms with van der Waals surface area (Å²) in [5, 5.41) is 23.2. The third kappa shape index (κ3) is 69.1. The Morgan fingerprint density at radius 3 is 0.916 bits per heavy atom. The first-order valence-corrected chi connectivity index (χ1v) is 37.8. The Bertz CT molecular complexity index is 1340. The fraction of sp³-hybridized carbons (Fsp3) is 0.896. The molecular weight excluding hydrogens is 1020 g/mol. The van der Waals surface area contributed by atoms with Crippen molar-refractivity contribution in [1.29, 1.82) is 0 Å². The standard InChI is InChI=1S/C77H147NO5/c1-3-5-7-9-11-13-15-17-19-20-38-42-45-49-53-57-61-65-69-75(80)74(73-79)78-76(81)70-66-62-58-54-50-46-43-39-36-34-32-30-28-26-24-22-21-23-25-27-29-31-33-35-37-40-44-48-52-56-60-64-68-72-83-77(82)71-67-63-59-55-51-47-41-18-16-14-12-10-8-6-4-2/h25,27,31,33,65,69,74-75,79-80H,3-24,26,28-30,32,34-64,66-68,70-73H2,1-2H3,(H,78,81)/b27-25-,33-31-,69-65+. The molecule has 1 amide bonds. The molecule has 0 spiro atoms. The molecule has 6 heteroatoms. The highest BCUT2D eigenvalue weighted by molar-refractivity contribution is 5.76. The van der Waals surface area contributed by atoms with Gasteiger partial charge in [-0.15, -0.1) is 0 Å². The Labute approximate surface area is 519 Å². The van der Waals surface area contributed by atoms with Crippen molar-refractivity contribution in [3.8, 4) is 0 Å². The number of aliphatic hydroxyl groups excluding tert-OH is 2. The Morgan fingerprint density at radius 1 is 0.337 bits per heavy atom. The molecule has 0 aliphatic carbocycles. The van der Waals surface area contributed by atoms with Crippen LogP contribution in [0.25, 0.3) is 0 Å². The van der Waals surface area contributed by atoms with Crippen LogP contribution < -0.4 is 5.32 Å². The maximum Gasteiger partial charge on any atom is 0.305 e. The van der Waals surface area contributed by atoms with Crippen LogP contribution in [0.2, 0.25) is 0 Å². The van der Waals surface area contributed by atoms with Gasteiger partial charge in [-0.2, -0.15) is 0 Å². The van der Waals surface area contributed by atoms with E-state index in [4.69, 9.17) is 4.74 Å². The molecular formula is C77H147NO5. The summed E-state index contributed by atoms with van der Waals surface area (Å²) >= 11 is 0. The zero-order valence-electron chi connectivity index (χ0n) is 56.2. The van der Waals surface area contributed by atoms with Crippen molar-refractivity contribution in [2.24, 2.45) is 0 Å². The fourth-order valence-electron chi connectivity index (χ4n) is 11.9. The number of rotatable bonds is 71. The molecule has 0 aliphatic heterocycles. The van der Waals surface area contributed by atoms with E-state index in [1.54, 1.807) is 6.08 Å². The number of allylic oxidation sites excluding steroid dienone is 5. The minimum absolute atomic E-state index is 0.0174. The third-order valence-corrected chi connectivity index (χ3v) is 17.7. The number of carbonyl (C=O) groups excluding carboxylic acids is 2. The van der Waals surface area contributed by atoms with Crippen LogP contribution in [0.1, 0.15) is 418 Å². The van der Waals surface area contributed by atoms with Crippen molar-refractivity contribution in [2.45, 2.75) is 431 Å². The summed E-state index contributed by atoms with van der Waals surface area (Å²) in [6, 6.07) is -0.627. The quantitative estimate of drug-likeness (QED) is 0.0320. The minimum Gasteiger partial charge on any atom is -0.466 e. The second-order valence-electron chi connectivity index (χ2n) is 26.0. The first kappa shape index (κ1) is 81.1. The summed E-state index contributed by atoms with van der Waals surface area (Å²) in [6.07, 6.45) is 93.9. The van der Waals surface area contributed by atoms with Crippen LogP contribution in [0.5, 0.6) is 0 Å². The average molecular weight is 1170 g/mol. The molecule has 0 bridgehead atoms. The largest absolute Gasteiger partial charge is 0.466 e. The van der Waals surface area contributed by atoms with Gasteiger partial charge in [0.25, 0.3) is 0 Å². The van der Waals surface area contributed by atoms with E-state index in [2.05, 4.69) is 43.5 Å². The van der Waals surface area contributed by atoms with Gasteiger partial charge in [0.05, 0.1) is 25.4 Å². The van der Waals surface area contributed by atoms with Crippen LogP contribution in [-0.2, 0) is 14.3 Å². The highest BCUT2D eigenvalue weighted by Crippen LogP contribution is 2.19. The summed E-state index contributed by atoms with van der Waals surface area (Å²) < 4.78 is 5.50. The third-order valence-electron chi connectivity index (χ3n) is 17.7. The van der Waals surface area contributed by atoms with Crippen LogP contribution in [0.15, 0.2) is 36.5 Å². The number of hydrogen-bond acceptors (Lipinski definition) is 5. The molecule has 0 saturated heterocycles. The van der Waals surface area contributed by atoms with Crippen LogP contribution in [0.4, 0.5) is 0 Å². The second kappa shape index (κ2) is 72.6. The molecule has 0 saturated carbocycles. The number of nitrogens with one attached hydrogen (secondary N) is 1.